The number of pyridine rings is 1. The van der Waals surface area contributed by atoms with E-state index in [4.69, 9.17) is 4.74 Å². The first-order valence-electron chi connectivity index (χ1n) is 6.56. The third kappa shape index (κ3) is 2.42. The van der Waals surface area contributed by atoms with Gasteiger partial charge in [-0.3, -0.25) is 4.98 Å². The lowest BCUT2D eigenvalue weighted by Crippen LogP contribution is -2.16. The fraction of sp³-hybridized carbons (Fsp3) is 0.357. The highest BCUT2D eigenvalue weighted by atomic mass is 16.5. The third-order valence-electron chi connectivity index (χ3n) is 3.49. The Hall–Kier alpha value is -2.21. The van der Waals surface area contributed by atoms with Crippen molar-refractivity contribution in [1.82, 2.24) is 14.8 Å². The van der Waals surface area contributed by atoms with Gasteiger partial charge in [-0.15, -0.1) is 0 Å². The number of carbonyl (C=O) groups is 1. The summed E-state index contributed by atoms with van der Waals surface area (Å²) in [7, 11) is 0. The topological polar surface area (TPSA) is 77.2 Å². The maximum atomic E-state index is 11.4. The van der Waals surface area contributed by atoms with Gasteiger partial charge < -0.3 is 9.84 Å². The first-order valence-corrected chi connectivity index (χ1v) is 6.56. The molecule has 6 heteroatoms. The number of rotatable bonds is 3. The molecule has 3 rings (SSSR count). The van der Waals surface area contributed by atoms with E-state index >= 15 is 0 Å². The number of carboxylic acid groups (broad SMARTS) is 1. The van der Waals surface area contributed by atoms with E-state index in [1.165, 1.54) is 0 Å². The van der Waals surface area contributed by atoms with Gasteiger partial charge in [-0.05, 0) is 25.0 Å². The minimum absolute atomic E-state index is 0.146. The molecule has 3 heterocycles. The van der Waals surface area contributed by atoms with Crippen LogP contribution in [0.5, 0.6) is 0 Å². The molecule has 0 saturated carbocycles. The van der Waals surface area contributed by atoms with E-state index in [0.29, 0.717) is 18.9 Å². The van der Waals surface area contributed by atoms with E-state index in [-0.39, 0.29) is 11.5 Å². The number of aromatic nitrogens is 3. The summed E-state index contributed by atoms with van der Waals surface area (Å²) in [5.41, 5.74) is 1.67. The summed E-state index contributed by atoms with van der Waals surface area (Å²) in [4.78, 5) is 15.4. The van der Waals surface area contributed by atoms with Gasteiger partial charge in [0.25, 0.3) is 0 Å². The van der Waals surface area contributed by atoms with Crippen molar-refractivity contribution in [1.29, 1.82) is 0 Å². The molecule has 0 radical (unpaired) electrons. The van der Waals surface area contributed by atoms with Gasteiger partial charge in [0.15, 0.2) is 0 Å². The van der Waals surface area contributed by atoms with Crippen molar-refractivity contribution in [2.45, 2.75) is 18.8 Å². The molecule has 0 aromatic carbocycles. The molecule has 0 unspecified atom stereocenters. The SMILES string of the molecule is O=C(O)c1cn(-c2cccnc2)nc1C1CCOCC1. The highest BCUT2D eigenvalue weighted by molar-refractivity contribution is 5.89. The van der Waals surface area contributed by atoms with Gasteiger partial charge in [0.05, 0.1) is 17.6 Å². The van der Waals surface area contributed by atoms with Gasteiger partial charge >= 0.3 is 5.97 Å². The summed E-state index contributed by atoms with van der Waals surface area (Å²) in [5.74, 6) is -0.797. The largest absolute Gasteiger partial charge is 0.478 e. The third-order valence-corrected chi connectivity index (χ3v) is 3.49. The van der Waals surface area contributed by atoms with E-state index < -0.39 is 5.97 Å². The maximum Gasteiger partial charge on any atom is 0.339 e. The van der Waals surface area contributed by atoms with Gasteiger partial charge in [-0.2, -0.15) is 5.10 Å². The van der Waals surface area contributed by atoms with Crippen molar-refractivity contribution in [2.75, 3.05) is 13.2 Å². The van der Waals surface area contributed by atoms with Gasteiger partial charge in [0.1, 0.15) is 5.56 Å². The minimum atomic E-state index is -0.943. The normalized spacial score (nSPS) is 16.2. The van der Waals surface area contributed by atoms with Crippen molar-refractivity contribution in [2.24, 2.45) is 0 Å². The zero-order chi connectivity index (χ0) is 13.9. The molecule has 1 fully saturated rings. The van der Waals surface area contributed by atoms with Crippen molar-refractivity contribution in [3.8, 4) is 5.69 Å². The average molecular weight is 273 g/mol. The van der Waals surface area contributed by atoms with Crippen molar-refractivity contribution in [3.05, 3.63) is 42.0 Å². The highest BCUT2D eigenvalue weighted by Crippen LogP contribution is 2.29. The van der Waals surface area contributed by atoms with Crippen LogP contribution in [-0.4, -0.2) is 39.1 Å². The lowest BCUT2D eigenvalue weighted by atomic mass is 9.94. The van der Waals surface area contributed by atoms with E-state index in [9.17, 15) is 9.90 Å². The zero-order valence-corrected chi connectivity index (χ0v) is 10.9. The van der Waals surface area contributed by atoms with Gasteiger partial charge in [-0.1, -0.05) is 0 Å². The maximum absolute atomic E-state index is 11.4. The highest BCUT2D eigenvalue weighted by Gasteiger charge is 2.25. The Bertz CT molecular complexity index is 603. The summed E-state index contributed by atoms with van der Waals surface area (Å²) in [6.07, 6.45) is 6.51. The van der Waals surface area contributed by atoms with Crippen LogP contribution < -0.4 is 0 Å². The Morgan fingerprint density at radius 3 is 2.85 bits per heavy atom. The summed E-state index contributed by atoms with van der Waals surface area (Å²) >= 11 is 0. The monoisotopic (exact) mass is 273 g/mol. The molecule has 0 spiro atoms. The molecule has 6 nitrogen and oxygen atoms in total. The molecular weight excluding hydrogens is 258 g/mol. The Morgan fingerprint density at radius 2 is 2.20 bits per heavy atom. The fourth-order valence-corrected chi connectivity index (χ4v) is 2.45. The Kier molecular flexibility index (Phi) is 3.47. The Balaban J connectivity index is 2.00. The lowest BCUT2D eigenvalue weighted by molar-refractivity contribution is 0.0684. The Labute approximate surface area is 116 Å². The van der Waals surface area contributed by atoms with Crippen LogP contribution >= 0.6 is 0 Å². The van der Waals surface area contributed by atoms with E-state index in [0.717, 1.165) is 18.5 Å². The molecule has 1 N–H and O–H groups in total. The molecule has 2 aromatic heterocycles. The predicted octanol–water partition coefficient (Wildman–Crippen LogP) is 1.86. The van der Waals surface area contributed by atoms with E-state index in [1.54, 1.807) is 29.3 Å². The summed E-state index contributed by atoms with van der Waals surface area (Å²) < 4.78 is 6.91. The first-order chi connectivity index (χ1) is 9.75. The first kappa shape index (κ1) is 12.8. The molecule has 104 valence electrons. The van der Waals surface area contributed by atoms with Crippen LogP contribution in [0.4, 0.5) is 0 Å². The van der Waals surface area contributed by atoms with Crippen LogP contribution in [0.3, 0.4) is 0 Å². The number of ether oxygens (including phenoxy) is 1. The summed E-state index contributed by atoms with van der Waals surface area (Å²) in [6, 6.07) is 3.64. The van der Waals surface area contributed by atoms with Crippen LogP contribution in [0.25, 0.3) is 5.69 Å². The van der Waals surface area contributed by atoms with Gasteiger partial charge in [0, 0.05) is 31.5 Å². The standard InChI is InChI=1S/C14H15N3O3/c18-14(19)12-9-17(11-2-1-5-15-8-11)16-13(12)10-3-6-20-7-4-10/h1-2,5,8-10H,3-4,6-7H2,(H,18,19). The van der Waals surface area contributed by atoms with Crippen LogP contribution in [0.2, 0.25) is 0 Å². The second-order valence-electron chi connectivity index (χ2n) is 4.78. The molecule has 0 atom stereocenters. The summed E-state index contributed by atoms with van der Waals surface area (Å²) in [6.45, 7) is 1.31. The zero-order valence-electron chi connectivity index (χ0n) is 10.9. The quantitative estimate of drug-likeness (QED) is 0.923. The minimum Gasteiger partial charge on any atom is -0.478 e. The van der Waals surface area contributed by atoms with Crippen LogP contribution in [0, 0.1) is 0 Å². The van der Waals surface area contributed by atoms with Crippen LogP contribution in [-0.2, 0) is 4.74 Å². The number of hydrogen-bond acceptors (Lipinski definition) is 4. The van der Waals surface area contributed by atoms with Crippen LogP contribution in [0.1, 0.15) is 34.8 Å². The van der Waals surface area contributed by atoms with Crippen molar-refractivity contribution >= 4 is 5.97 Å². The van der Waals surface area contributed by atoms with Crippen molar-refractivity contribution in [3.63, 3.8) is 0 Å². The number of nitrogens with zero attached hydrogens (tertiary/aromatic N) is 3. The fourth-order valence-electron chi connectivity index (χ4n) is 2.45. The predicted molar refractivity (Wildman–Crippen MR) is 71.1 cm³/mol. The molecule has 1 saturated heterocycles. The Morgan fingerprint density at radius 1 is 1.40 bits per heavy atom. The second kappa shape index (κ2) is 5.42. The lowest BCUT2D eigenvalue weighted by Gasteiger charge is -2.20. The molecule has 1 aliphatic heterocycles. The molecule has 20 heavy (non-hydrogen) atoms. The molecule has 0 amide bonds. The van der Waals surface area contributed by atoms with E-state index in [2.05, 4.69) is 10.1 Å². The van der Waals surface area contributed by atoms with Gasteiger partial charge in [0.2, 0.25) is 0 Å². The van der Waals surface area contributed by atoms with Gasteiger partial charge in [-0.25, -0.2) is 9.48 Å². The average Bonchev–Trinajstić information content (AvgIpc) is 2.94. The number of carboxylic acids is 1. The molecular formula is C14H15N3O3. The molecule has 0 aliphatic carbocycles. The smallest absolute Gasteiger partial charge is 0.339 e. The molecule has 1 aliphatic rings. The molecule has 2 aromatic rings. The van der Waals surface area contributed by atoms with Crippen LogP contribution in [0.15, 0.2) is 30.7 Å². The number of hydrogen-bond donors (Lipinski definition) is 1. The number of aromatic carboxylic acids is 1. The van der Waals surface area contributed by atoms with E-state index in [1.807, 2.05) is 6.07 Å². The second-order valence-corrected chi connectivity index (χ2v) is 4.78. The molecule has 0 bridgehead atoms. The summed E-state index contributed by atoms with van der Waals surface area (Å²) in [5, 5.41) is 13.8. The van der Waals surface area contributed by atoms with Crippen molar-refractivity contribution < 1.29 is 14.6 Å².